The molecule has 1 heterocycles. The second-order valence-corrected chi connectivity index (χ2v) is 6.70. The highest BCUT2D eigenvalue weighted by atomic mass is 16.5. The van der Waals surface area contributed by atoms with E-state index >= 15 is 0 Å². The molecular weight excluding hydrogens is 312 g/mol. The molecule has 25 heavy (non-hydrogen) atoms. The summed E-state index contributed by atoms with van der Waals surface area (Å²) in [5, 5.41) is 0. The number of aryl methyl sites for hydroxylation is 1. The normalized spacial score (nSPS) is 16.8. The number of nitrogens with zero attached hydrogens (tertiary/aromatic N) is 1. The van der Waals surface area contributed by atoms with Crippen molar-refractivity contribution in [2.75, 3.05) is 0 Å². The molecule has 3 aromatic rings. The average molecular weight is 334 g/mol. The van der Waals surface area contributed by atoms with Crippen molar-refractivity contribution >= 4 is 16.8 Å². The summed E-state index contributed by atoms with van der Waals surface area (Å²) < 4.78 is 5.89. The van der Waals surface area contributed by atoms with Gasteiger partial charge in [0.15, 0.2) is 5.78 Å². The monoisotopic (exact) mass is 334 g/mol. The number of rotatable bonds is 5. The maximum atomic E-state index is 12.5. The van der Waals surface area contributed by atoms with Crippen molar-refractivity contribution in [3.05, 3.63) is 59.4 Å². The van der Waals surface area contributed by atoms with Crippen molar-refractivity contribution < 1.29 is 9.53 Å². The van der Waals surface area contributed by atoms with Crippen LogP contribution in [0.15, 0.2) is 42.5 Å². The molecule has 0 radical (unpaired) electrons. The van der Waals surface area contributed by atoms with Crippen LogP contribution < -0.4 is 4.74 Å². The van der Waals surface area contributed by atoms with Crippen molar-refractivity contribution in [2.24, 2.45) is 5.92 Å². The fourth-order valence-electron chi connectivity index (χ4n) is 3.64. The number of fused-ring (bicyclic) bond motifs is 2. The van der Waals surface area contributed by atoms with Gasteiger partial charge >= 0.3 is 0 Å². The quantitative estimate of drug-likeness (QED) is 0.736. The van der Waals surface area contributed by atoms with Gasteiger partial charge in [-0.1, -0.05) is 25.5 Å². The van der Waals surface area contributed by atoms with Crippen molar-refractivity contribution in [1.82, 2.24) is 9.97 Å². The molecule has 0 saturated carbocycles. The van der Waals surface area contributed by atoms with Crippen molar-refractivity contribution in [3.63, 3.8) is 0 Å². The number of ether oxygens (including phenoxy) is 1. The van der Waals surface area contributed by atoms with E-state index in [2.05, 4.69) is 16.9 Å². The number of hydrogen-bond donors (Lipinski definition) is 1. The van der Waals surface area contributed by atoms with Crippen LogP contribution in [-0.2, 0) is 13.0 Å². The summed E-state index contributed by atoms with van der Waals surface area (Å²) >= 11 is 0. The first kappa shape index (κ1) is 15.9. The lowest BCUT2D eigenvalue weighted by Crippen LogP contribution is -2.22. The molecule has 1 N–H and O–H groups in total. The number of para-hydroxylation sites is 2. The van der Waals surface area contributed by atoms with Crippen LogP contribution in [0.2, 0.25) is 0 Å². The highest BCUT2D eigenvalue weighted by molar-refractivity contribution is 6.00. The molecule has 0 bridgehead atoms. The smallest absolute Gasteiger partial charge is 0.166 e. The van der Waals surface area contributed by atoms with E-state index in [0.717, 1.165) is 59.4 Å². The molecule has 1 aromatic heterocycles. The fraction of sp³-hybridized carbons (Fsp3) is 0.333. The predicted octanol–water partition coefficient (Wildman–Crippen LogP) is 4.69. The maximum Gasteiger partial charge on any atom is 0.166 e. The van der Waals surface area contributed by atoms with Gasteiger partial charge in [0.1, 0.15) is 18.2 Å². The number of carbonyl (C=O) groups is 1. The molecule has 128 valence electrons. The minimum atomic E-state index is 0.194. The number of benzene rings is 2. The number of imidazole rings is 1. The Morgan fingerprint density at radius 2 is 2.12 bits per heavy atom. The van der Waals surface area contributed by atoms with Crippen LogP contribution in [0.1, 0.15) is 47.9 Å². The van der Waals surface area contributed by atoms with E-state index in [-0.39, 0.29) is 5.92 Å². The van der Waals surface area contributed by atoms with Gasteiger partial charge in [-0.15, -0.1) is 0 Å². The van der Waals surface area contributed by atoms with Gasteiger partial charge in [0.05, 0.1) is 11.0 Å². The second-order valence-electron chi connectivity index (χ2n) is 6.70. The zero-order chi connectivity index (χ0) is 17.2. The van der Waals surface area contributed by atoms with Crippen LogP contribution in [0.4, 0.5) is 0 Å². The van der Waals surface area contributed by atoms with Crippen LogP contribution in [0.5, 0.6) is 5.75 Å². The number of ketones is 1. The van der Waals surface area contributed by atoms with E-state index in [1.54, 1.807) is 0 Å². The lowest BCUT2D eigenvalue weighted by Gasteiger charge is -2.23. The van der Waals surface area contributed by atoms with E-state index in [9.17, 15) is 4.79 Å². The van der Waals surface area contributed by atoms with E-state index in [1.807, 2.05) is 42.5 Å². The standard InChI is InChI=1S/C21H22N2O2/c1-2-5-14-8-9-15-12-16(10-11-17(15)21(14)24)25-13-20-22-18-6-3-4-7-19(18)23-20/h3-4,6-7,10-12,14H,2,5,8-9,13H2,1H3,(H,22,23). The Morgan fingerprint density at radius 3 is 2.96 bits per heavy atom. The van der Waals surface area contributed by atoms with Crippen molar-refractivity contribution in [1.29, 1.82) is 0 Å². The van der Waals surface area contributed by atoms with Crippen molar-refractivity contribution in [2.45, 2.75) is 39.2 Å². The van der Waals surface area contributed by atoms with Crippen LogP contribution in [0.3, 0.4) is 0 Å². The third-order valence-electron chi connectivity index (χ3n) is 4.93. The Hall–Kier alpha value is -2.62. The molecule has 0 spiro atoms. The first-order chi connectivity index (χ1) is 12.2. The van der Waals surface area contributed by atoms with Gasteiger partial charge in [0.25, 0.3) is 0 Å². The molecule has 0 aliphatic heterocycles. The summed E-state index contributed by atoms with van der Waals surface area (Å²) in [7, 11) is 0. The minimum Gasteiger partial charge on any atom is -0.486 e. The molecule has 4 heteroatoms. The zero-order valence-electron chi connectivity index (χ0n) is 14.4. The first-order valence-electron chi connectivity index (χ1n) is 8.98. The van der Waals surface area contributed by atoms with Gasteiger partial charge in [-0.25, -0.2) is 4.98 Å². The van der Waals surface area contributed by atoms with Crippen LogP contribution >= 0.6 is 0 Å². The molecule has 0 amide bonds. The molecule has 1 atom stereocenters. The molecule has 4 nitrogen and oxygen atoms in total. The molecule has 0 saturated heterocycles. The summed E-state index contributed by atoms with van der Waals surface area (Å²) in [6.07, 6.45) is 3.95. The van der Waals surface area contributed by atoms with Gasteiger partial charge in [-0.3, -0.25) is 4.79 Å². The Balaban J connectivity index is 1.48. The number of carbonyl (C=O) groups excluding carboxylic acids is 1. The minimum absolute atomic E-state index is 0.194. The van der Waals surface area contributed by atoms with E-state index in [1.165, 1.54) is 0 Å². The van der Waals surface area contributed by atoms with Crippen LogP contribution in [-0.4, -0.2) is 15.8 Å². The Morgan fingerprint density at radius 1 is 1.24 bits per heavy atom. The third kappa shape index (κ3) is 3.16. The fourth-order valence-corrected chi connectivity index (χ4v) is 3.64. The molecule has 1 aliphatic carbocycles. The second kappa shape index (κ2) is 6.71. The van der Waals surface area contributed by atoms with Crippen LogP contribution in [0, 0.1) is 5.92 Å². The summed E-state index contributed by atoms with van der Waals surface area (Å²) in [6, 6.07) is 13.8. The summed E-state index contributed by atoms with van der Waals surface area (Å²) in [6.45, 7) is 2.53. The van der Waals surface area contributed by atoms with E-state index < -0.39 is 0 Å². The maximum absolute atomic E-state index is 12.5. The van der Waals surface area contributed by atoms with Gasteiger partial charge in [0.2, 0.25) is 0 Å². The largest absolute Gasteiger partial charge is 0.486 e. The predicted molar refractivity (Wildman–Crippen MR) is 97.9 cm³/mol. The Labute approximate surface area is 147 Å². The number of Topliss-reactive ketones (excluding diaryl/α,β-unsaturated/α-hetero) is 1. The molecule has 2 aromatic carbocycles. The molecule has 4 rings (SSSR count). The number of aromatic amines is 1. The number of nitrogens with one attached hydrogen (secondary N) is 1. The highest BCUT2D eigenvalue weighted by Crippen LogP contribution is 2.31. The zero-order valence-corrected chi connectivity index (χ0v) is 14.4. The molecule has 0 fully saturated rings. The number of hydrogen-bond acceptors (Lipinski definition) is 3. The first-order valence-corrected chi connectivity index (χ1v) is 8.98. The van der Waals surface area contributed by atoms with Gasteiger partial charge in [-0.05, 0) is 55.2 Å². The summed E-state index contributed by atoms with van der Waals surface area (Å²) in [5.74, 6) is 2.09. The third-order valence-corrected chi connectivity index (χ3v) is 4.93. The summed E-state index contributed by atoms with van der Waals surface area (Å²) in [5.41, 5.74) is 3.94. The molecule has 1 aliphatic rings. The topological polar surface area (TPSA) is 55.0 Å². The lowest BCUT2D eigenvalue weighted by molar-refractivity contribution is 0.0894. The van der Waals surface area contributed by atoms with Gasteiger partial charge in [0, 0.05) is 11.5 Å². The highest BCUT2D eigenvalue weighted by Gasteiger charge is 2.26. The Bertz CT molecular complexity index is 880. The lowest BCUT2D eigenvalue weighted by atomic mass is 9.80. The van der Waals surface area contributed by atoms with Crippen molar-refractivity contribution in [3.8, 4) is 5.75 Å². The van der Waals surface area contributed by atoms with Crippen LogP contribution in [0.25, 0.3) is 11.0 Å². The number of H-pyrrole nitrogens is 1. The molecule has 1 unspecified atom stereocenters. The van der Waals surface area contributed by atoms with E-state index in [4.69, 9.17) is 4.74 Å². The van der Waals surface area contributed by atoms with Gasteiger partial charge < -0.3 is 9.72 Å². The summed E-state index contributed by atoms with van der Waals surface area (Å²) in [4.78, 5) is 20.3. The van der Waals surface area contributed by atoms with E-state index in [0.29, 0.717) is 12.4 Å². The van der Waals surface area contributed by atoms with Gasteiger partial charge in [-0.2, -0.15) is 0 Å². The molecular formula is C21H22N2O2. The Kier molecular flexibility index (Phi) is 4.26. The number of aromatic nitrogens is 2. The SMILES string of the molecule is CCCC1CCc2cc(OCc3nc4ccccc4[nH]3)ccc2C1=O. The average Bonchev–Trinajstić information content (AvgIpc) is 3.05.